The highest BCUT2D eigenvalue weighted by Crippen LogP contribution is 2.31. The smallest absolute Gasteiger partial charge is 0.213 e. The van der Waals surface area contributed by atoms with Crippen LogP contribution in [-0.4, -0.2) is 14.2 Å². The number of pyridine rings is 1. The summed E-state index contributed by atoms with van der Waals surface area (Å²) in [4.78, 5) is 0. The van der Waals surface area contributed by atoms with E-state index in [0.29, 0.717) is 0 Å². The fraction of sp³-hybridized carbons (Fsp3) is 0.0938. The molecule has 0 spiro atoms. The SMILES string of the molecule is COc1ccc(-c2cc(-c3ccccc3)cc(-c3ccc(OC)cc3)[n+]2Cc2ccccc2)cc1. The van der Waals surface area contributed by atoms with E-state index in [4.69, 9.17) is 9.47 Å². The van der Waals surface area contributed by atoms with Gasteiger partial charge >= 0.3 is 0 Å². The first-order valence-corrected chi connectivity index (χ1v) is 11.7. The number of benzene rings is 4. The van der Waals surface area contributed by atoms with Gasteiger partial charge in [0.15, 0.2) is 6.54 Å². The Morgan fingerprint density at radius 3 is 1.40 bits per heavy atom. The average Bonchev–Trinajstić information content (AvgIpc) is 2.94. The summed E-state index contributed by atoms with van der Waals surface area (Å²) in [5.41, 5.74) is 8.15. The van der Waals surface area contributed by atoms with Crippen LogP contribution in [0.15, 0.2) is 121 Å². The maximum Gasteiger partial charge on any atom is 0.213 e. The first-order chi connectivity index (χ1) is 17.2. The molecule has 0 saturated heterocycles. The number of ether oxygens (including phenoxy) is 2. The lowest BCUT2D eigenvalue weighted by Gasteiger charge is -2.14. The molecule has 0 fully saturated rings. The first-order valence-electron chi connectivity index (χ1n) is 11.7. The second-order valence-corrected chi connectivity index (χ2v) is 8.41. The largest absolute Gasteiger partial charge is 0.497 e. The molecule has 5 aromatic rings. The topological polar surface area (TPSA) is 22.3 Å². The van der Waals surface area contributed by atoms with Gasteiger partial charge in [0.25, 0.3) is 0 Å². The van der Waals surface area contributed by atoms with Crippen LogP contribution in [0.4, 0.5) is 0 Å². The fourth-order valence-electron chi connectivity index (χ4n) is 4.36. The monoisotopic (exact) mass is 458 g/mol. The molecule has 0 aliphatic carbocycles. The lowest BCUT2D eigenvalue weighted by Crippen LogP contribution is -2.39. The summed E-state index contributed by atoms with van der Waals surface area (Å²) in [5.74, 6) is 1.69. The van der Waals surface area contributed by atoms with Crippen LogP contribution >= 0.6 is 0 Å². The molecule has 1 heterocycles. The van der Waals surface area contributed by atoms with Gasteiger partial charge in [-0.05, 0) is 59.7 Å². The van der Waals surface area contributed by atoms with E-state index in [1.807, 2.05) is 24.3 Å². The van der Waals surface area contributed by atoms with Crippen LogP contribution in [-0.2, 0) is 6.54 Å². The number of methoxy groups -OCH3 is 2. The summed E-state index contributed by atoms with van der Waals surface area (Å²) in [6.07, 6.45) is 0. The molecular weight excluding hydrogens is 430 g/mol. The summed E-state index contributed by atoms with van der Waals surface area (Å²) in [6, 6.07) is 42.3. The van der Waals surface area contributed by atoms with Gasteiger partial charge in [-0.15, -0.1) is 0 Å². The Kier molecular flexibility index (Phi) is 6.58. The van der Waals surface area contributed by atoms with Gasteiger partial charge in [0.2, 0.25) is 11.4 Å². The van der Waals surface area contributed by atoms with Crippen LogP contribution in [0.3, 0.4) is 0 Å². The summed E-state index contributed by atoms with van der Waals surface area (Å²) in [6.45, 7) is 0.749. The van der Waals surface area contributed by atoms with Gasteiger partial charge in [-0.2, -0.15) is 4.57 Å². The van der Waals surface area contributed by atoms with Crippen LogP contribution in [0.1, 0.15) is 5.56 Å². The fourth-order valence-corrected chi connectivity index (χ4v) is 4.36. The Balaban J connectivity index is 1.77. The lowest BCUT2D eigenvalue weighted by atomic mass is 9.98. The molecule has 0 unspecified atom stereocenters. The maximum atomic E-state index is 5.42. The highest BCUT2D eigenvalue weighted by atomic mass is 16.5. The van der Waals surface area contributed by atoms with Crippen LogP contribution in [0, 0.1) is 0 Å². The van der Waals surface area contributed by atoms with Crippen LogP contribution in [0.5, 0.6) is 11.5 Å². The van der Waals surface area contributed by atoms with E-state index in [1.54, 1.807) is 14.2 Å². The van der Waals surface area contributed by atoms with E-state index in [9.17, 15) is 0 Å². The zero-order valence-corrected chi connectivity index (χ0v) is 20.0. The highest BCUT2D eigenvalue weighted by molar-refractivity contribution is 5.74. The van der Waals surface area contributed by atoms with Crippen LogP contribution in [0.25, 0.3) is 33.6 Å². The molecule has 0 radical (unpaired) electrons. The molecule has 5 rings (SSSR count). The Morgan fingerprint density at radius 2 is 0.943 bits per heavy atom. The van der Waals surface area contributed by atoms with Gasteiger partial charge in [0.05, 0.1) is 14.2 Å². The second-order valence-electron chi connectivity index (χ2n) is 8.41. The van der Waals surface area contributed by atoms with Crippen molar-refractivity contribution in [2.75, 3.05) is 14.2 Å². The van der Waals surface area contributed by atoms with Crippen molar-refractivity contribution in [1.29, 1.82) is 0 Å². The van der Waals surface area contributed by atoms with E-state index in [0.717, 1.165) is 40.6 Å². The van der Waals surface area contributed by atoms with Crippen molar-refractivity contribution in [3.63, 3.8) is 0 Å². The standard InChI is InChI=1S/C32H28NO2/c1-34-29-17-13-26(14-18-29)31-21-28(25-11-7-4-8-12-25)22-32(27-15-19-30(35-2)20-16-27)33(31)23-24-9-5-3-6-10-24/h3-22H,23H2,1-2H3/q+1. The predicted octanol–water partition coefficient (Wildman–Crippen LogP) is 7.04. The number of hydrogen-bond acceptors (Lipinski definition) is 2. The van der Waals surface area contributed by atoms with Crippen molar-refractivity contribution in [2.24, 2.45) is 0 Å². The summed E-state index contributed by atoms with van der Waals surface area (Å²) in [7, 11) is 3.39. The van der Waals surface area contributed by atoms with Gasteiger partial charge in [-0.3, -0.25) is 0 Å². The number of nitrogens with zero attached hydrogens (tertiary/aromatic N) is 1. The van der Waals surface area contributed by atoms with Crippen molar-refractivity contribution >= 4 is 0 Å². The van der Waals surface area contributed by atoms with Gasteiger partial charge in [-0.25, -0.2) is 0 Å². The third-order valence-electron chi connectivity index (χ3n) is 6.23. The first kappa shape index (κ1) is 22.4. The van der Waals surface area contributed by atoms with Gasteiger partial charge in [0, 0.05) is 28.8 Å². The van der Waals surface area contributed by atoms with E-state index in [2.05, 4.69) is 102 Å². The molecule has 172 valence electrons. The number of rotatable bonds is 7. The lowest BCUT2D eigenvalue weighted by molar-refractivity contribution is -0.666. The zero-order chi connectivity index (χ0) is 24.0. The summed E-state index contributed by atoms with van der Waals surface area (Å²) < 4.78 is 13.2. The molecule has 3 heteroatoms. The molecular formula is C32H28NO2+. The third-order valence-corrected chi connectivity index (χ3v) is 6.23. The Bertz CT molecular complexity index is 1330. The quantitative estimate of drug-likeness (QED) is 0.244. The minimum Gasteiger partial charge on any atom is -0.497 e. The highest BCUT2D eigenvalue weighted by Gasteiger charge is 2.23. The van der Waals surface area contributed by atoms with E-state index >= 15 is 0 Å². The van der Waals surface area contributed by atoms with Crippen molar-refractivity contribution < 1.29 is 14.0 Å². The normalized spacial score (nSPS) is 10.7. The van der Waals surface area contributed by atoms with E-state index in [1.165, 1.54) is 16.7 Å². The molecule has 0 aliphatic rings. The van der Waals surface area contributed by atoms with Crippen LogP contribution in [0.2, 0.25) is 0 Å². The molecule has 0 bridgehead atoms. The Hall–Kier alpha value is -4.37. The van der Waals surface area contributed by atoms with Crippen LogP contribution < -0.4 is 14.0 Å². The minimum atomic E-state index is 0.749. The Labute approximate surface area is 206 Å². The molecule has 4 aromatic carbocycles. The zero-order valence-electron chi connectivity index (χ0n) is 20.0. The number of hydrogen-bond donors (Lipinski definition) is 0. The molecule has 0 atom stereocenters. The molecule has 0 aliphatic heterocycles. The summed E-state index contributed by atoms with van der Waals surface area (Å²) >= 11 is 0. The molecule has 3 nitrogen and oxygen atoms in total. The molecule has 0 amide bonds. The van der Waals surface area contributed by atoms with Crippen molar-refractivity contribution in [1.82, 2.24) is 0 Å². The third kappa shape index (κ3) is 4.95. The van der Waals surface area contributed by atoms with Crippen molar-refractivity contribution in [2.45, 2.75) is 6.54 Å². The molecule has 0 N–H and O–H groups in total. The van der Waals surface area contributed by atoms with Gasteiger partial charge in [0.1, 0.15) is 11.5 Å². The minimum absolute atomic E-state index is 0.749. The molecule has 1 aromatic heterocycles. The molecule has 35 heavy (non-hydrogen) atoms. The van der Waals surface area contributed by atoms with Gasteiger partial charge in [-0.1, -0.05) is 60.7 Å². The summed E-state index contributed by atoms with van der Waals surface area (Å²) in [5, 5.41) is 0. The number of aromatic nitrogens is 1. The predicted molar refractivity (Wildman–Crippen MR) is 142 cm³/mol. The maximum absolute atomic E-state index is 5.42. The van der Waals surface area contributed by atoms with Crippen molar-refractivity contribution in [3.8, 4) is 45.1 Å². The average molecular weight is 459 g/mol. The van der Waals surface area contributed by atoms with Crippen molar-refractivity contribution in [3.05, 3.63) is 127 Å². The second kappa shape index (κ2) is 10.3. The van der Waals surface area contributed by atoms with E-state index in [-0.39, 0.29) is 0 Å². The Morgan fingerprint density at radius 1 is 0.486 bits per heavy atom. The van der Waals surface area contributed by atoms with E-state index < -0.39 is 0 Å². The van der Waals surface area contributed by atoms with Gasteiger partial charge < -0.3 is 9.47 Å². The molecule has 0 saturated carbocycles.